The van der Waals surface area contributed by atoms with Gasteiger partial charge in [-0.15, -0.1) is 0 Å². The van der Waals surface area contributed by atoms with E-state index in [0.29, 0.717) is 28.0 Å². The smallest absolute Gasteiger partial charge is 0.339 e. The lowest BCUT2D eigenvalue weighted by atomic mass is 10.1. The number of sulfonamides is 1. The molecule has 0 unspecified atom stereocenters. The third kappa shape index (κ3) is 5.32. The lowest BCUT2D eigenvalue weighted by Gasteiger charge is -2.23. The van der Waals surface area contributed by atoms with Crippen LogP contribution in [0.3, 0.4) is 0 Å². The number of methoxy groups -OCH3 is 3. The van der Waals surface area contributed by atoms with Crippen LogP contribution in [0.15, 0.2) is 76.7 Å². The lowest BCUT2D eigenvalue weighted by Crippen LogP contribution is -2.33. The van der Waals surface area contributed by atoms with Crippen LogP contribution < -0.4 is 15.0 Å². The van der Waals surface area contributed by atoms with Gasteiger partial charge < -0.3 is 19.2 Å². The number of H-pyrrole nitrogens is 1. The van der Waals surface area contributed by atoms with E-state index >= 15 is 0 Å². The average Bonchev–Trinajstić information content (AvgIpc) is 2.92. The predicted molar refractivity (Wildman–Crippen MR) is 136 cm³/mol. The number of nitrogens with zero attached hydrogens (tertiary/aromatic N) is 2. The van der Waals surface area contributed by atoms with E-state index in [-0.39, 0.29) is 29.1 Å². The van der Waals surface area contributed by atoms with Crippen molar-refractivity contribution < 1.29 is 27.4 Å². The Morgan fingerprint density at radius 3 is 2.38 bits per heavy atom. The molecule has 0 saturated heterocycles. The number of nitrogens with one attached hydrogen (secondary N) is 1. The largest absolute Gasteiger partial charge is 0.493 e. The summed E-state index contributed by atoms with van der Waals surface area (Å²) >= 11 is 0. The zero-order chi connectivity index (χ0) is 26.6. The van der Waals surface area contributed by atoms with Gasteiger partial charge in [-0.3, -0.25) is 9.78 Å². The summed E-state index contributed by atoms with van der Waals surface area (Å²) in [6.07, 6.45) is 3.11. The van der Waals surface area contributed by atoms with Gasteiger partial charge in [-0.1, -0.05) is 18.2 Å². The molecule has 0 spiro atoms. The van der Waals surface area contributed by atoms with Gasteiger partial charge in [-0.2, -0.15) is 4.31 Å². The minimum Gasteiger partial charge on any atom is -0.493 e. The number of carbonyl (C=O) groups is 1. The van der Waals surface area contributed by atoms with E-state index in [0.717, 1.165) is 4.31 Å². The van der Waals surface area contributed by atoms with Gasteiger partial charge in [0, 0.05) is 42.5 Å². The Labute approximate surface area is 213 Å². The van der Waals surface area contributed by atoms with E-state index in [9.17, 15) is 18.0 Å². The number of aromatic amines is 1. The molecule has 10 nitrogen and oxygen atoms in total. The van der Waals surface area contributed by atoms with Crippen LogP contribution in [0.1, 0.15) is 21.5 Å². The Morgan fingerprint density at radius 2 is 1.70 bits per heavy atom. The van der Waals surface area contributed by atoms with Gasteiger partial charge in [-0.25, -0.2) is 13.2 Å². The Kier molecular flexibility index (Phi) is 7.55. The Balaban J connectivity index is 1.83. The molecule has 0 atom stereocenters. The normalized spacial score (nSPS) is 11.5. The molecule has 11 heteroatoms. The molecule has 2 heterocycles. The highest BCUT2D eigenvalue weighted by molar-refractivity contribution is 7.89. The number of aromatic nitrogens is 2. The number of hydrogen-bond donors (Lipinski definition) is 1. The molecular formula is C26H25N3O7S. The van der Waals surface area contributed by atoms with Gasteiger partial charge in [-0.05, 0) is 35.9 Å². The maximum atomic E-state index is 13.9. The summed E-state index contributed by atoms with van der Waals surface area (Å²) in [7, 11) is -0.105. The molecule has 0 bridgehead atoms. The zero-order valence-electron chi connectivity index (χ0n) is 20.4. The predicted octanol–water partition coefficient (Wildman–Crippen LogP) is 3.12. The fourth-order valence-corrected chi connectivity index (χ4v) is 5.50. The van der Waals surface area contributed by atoms with Crippen LogP contribution in [0.25, 0.3) is 10.9 Å². The van der Waals surface area contributed by atoms with Gasteiger partial charge in [0.25, 0.3) is 5.56 Å². The maximum absolute atomic E-state index is 13.9. The van der Waals surface area contributed by atoms with Gasteiger partial charge in [0.05, 0.1) is 37.3 Å². The monoisotopic (exact) mass is 523 g/mol. The van der Waals surface area contributed by atoms with Crippen LogP contribution in [0.5, 0.6) is 11.5 Å². The molecule has 37 heavy (non-hydrogen) atoms. The third-order valence-electron chi connectivity index (χ3n) is 5.76. The summed E-state index contributed by atoms with van der Waals surface area (Å²) < 4.78 is 44.4. The molecule has 0 aliphatic rings. The number of esters is 1. The van der Waals surface area contributed by atoms with Crippen LogP contribution in [0.2, 0.25) is 0 Å². The van der Waals surface area contributed by atoms with E-state index in [2.05, 4.69) is 9.97 Å². The van der Waals surface area contributed by atoms with Crippen molar-refractivity contribution in [3.8, 4) is 11.5 Å². The SMILES string of the molecule is COC(=O)c1ccccc1S(=O)(=O)N(Cc1cccnc1)Cc1cc2cc(OC)c(OC)cc2[nH]c1=O. The topological polar surface area (TPSA) is 128 Å². The first-order chi connectivity index (χ1) is 17.8. The third-order valence-corrected chi connectivity index (χ3v) is 7.61. The molecule has 0 aliphatic heterocycles. The van der Waals surface area contributed by atoms with Crippen LogP contribution >= 0.6 is 0 Å². The molecule has 0 radical (unpaired) electrons. The number of hydrogen-bond acceptors (Lipinski definition) is 8. The van der Waals surface area contributed by atoms with Crippen molar-refractivity contribution >= 4 is 26.9 Å². The summed E-state index contributed by atoms with van der Waals surface area (Å²) in [5, 5.41) is 0.626. The molecule has 4 aromatic rings. The van der Waals surface area contributed by atoms with Gasteiger partial charge >= 0.3 is 5.97 Å². The first kappa shape index (κ1) is 25.9. The molecule has 0 saturated carbocycles. The van der Waals surface area contributed by atoms with E-state index in [4.69, 9.17) is 14.2 Å². The van der Waals surface area contributed by atoms with Crippen molar-refractivity contribution in [3.63, 3.8) is 0 Å². The Bertz CT molecular complexity index is 1600. The summed E-state index contributed by atoms with van der Waals surface area (Å²) in [6, 6.07) is 14.1. The number of pyridine rings is 2. The number of rotatable bonds is 9. The first-order valence-electron chi connectivity index (χ1n) is 11.1. The number of benzene rings is 2. The average molecular weight is 524 g/mol. The second kappa shape index (κ2) is 10.8. The highest BCUT2D eigenvalue weighted by Gasteiger charge is 2.30. The highest BCUT2D eigenvalue weighted by atomic mass is 32.2. The summed E-state index contributed by atoms with van der Waals surface area (Å²) in [5.74, 6) is 0.114. The van der Waals surface area contributed by atoms with Gasteiger partial charge in [0.2, 0.25) is 10.0 Å². The van der Waals surface area contributed by atoms with E-state index in [1.54, 1.807) is 42.6 Å². The molecule has 0 aliphatic carbocycles. The van der Waals surface area contributed by atoms with E-state index in [1.807, 2.05) is 0 Å². The molecular weight excluding hydrogens is 498 g/mol. The second-order valence-electron chi connectivity index (χ2n) is 8.04. The van der Waals surface area contributed by atoms with Crippen LogP contribution in [-0.4, -0.2) is 50.0 Å². The van der Waals surface area contributed by atoms with E-state index < -0.39 is 21.6 Å². The van der Waals surface area contributed by atoms with E-state index in [1.165, 1.54) is 45.7 Å². The lowest BCUT2D eigenvalue weighted by molar-refractivity contribution is 0.0596. The summed E-state index contributed by atoms with van der Waals surface area (Å²) in [4.78, 5) is 32.0. The van der Waals surface area contributed by atoms with Crippen molar-refractivity contribution in [2.24, 2.45) is 0 Å². The molecule has 192 valence electrons. The minimum absolute atomic E-state index is 0.0882. The molecule has 2 aromatic heterocycles. The van der Waals surface area contributed by atoms with Crippen molar-refractivity contribution in [2.75, 3.05) is 21.3 Å². The van der Waals surface area contributed by atoms with Gasteiger partial charge in [0.1, 0.15) is 0 Å². The standard InChI is InChI=1S/C26H25N3O7S/c1-34-22-12-18-11-19(25(30)28-21(18)13-23(22)35-2)16-29(15-17-7-6-10-27-14-17)37(32,33)24-9-5-4-8-20(24)26(31)36-3/h4-14H,15-16H2,1-3H3,(H,28,30). The Morgan fingerprint density at radius 1 is 0.973 bits per heavy atom. The minimum atomic E-state index is -4.27. The van der Waals surface area contributed by atoms with Crippen molar-refractivity contribution in [3.05, 3.63) is 94.0 Å². The van der Waals surface area contributed by atoms with Crippen molar-refractivity contribution in [1.29, 1.82) is 0 Å². The molecule has 0 amide bonds. The first-order valence-corrected chi connectivity index (χ1v) is 12.6. The quantitative estimate of drug-likeness (QED) is 0.332. The molecule has 0 fully saturated rings. The maximum Gasteiger partial charge on any atom is 0.339 e. The highest BCUT2D eigenvalue weighted by Crippen LogP contribution is 2.31. The molecule has 1 N–H and O–H groups in total. The fraction of sp³-hybridized carbons (Fsp3) is 0.192. The van der Waals surface area contributed by atoms with Crippen LogP contribution in [0.4, 0.5) is 0 Å². The number of ether oxygens (including phenoxy) is 3. The number of carbonyl (C=O) groups excluding carboxylic acids is 1. The van der Waals surface area contributed by atoms with Crippen LogP contribution in [0, 0.1) is 0 Å². The molecule has 2 aromatic carbocycles. The fourth-order valence-electron chi connectivity index (χ4n) is 3.92. The van der Waals surface area contributed by atoms with Crippen molar-refractivity contribution in [2.45, 2.75) is 18.0 Å². The summed E-state index contributed by atoms with van der Waals surface area (Å²) in [6.45, 7) is -0.360. The van der Waals surface area contributed by atoms with Crippen LogP contribution in [-0.2, 0) is 27.8 Å². The van der Waals surface area contributed by atoms with Gasteiger partial charge in [0.15, 0.2) is 11.5 Å². The number of fused-ring (bicyclic) bond motifs is 1. The zero-order valence-corrected chi connectivity index (χ0v) is 21.2. The molecule has 4 rings (SSSR count). The summed E-state index contributed by atoms with van der Waals surface area (Å²) in [5.41, 5.74) is 0.731. The second-order valence-corrected chi connectivity index (χ2v) is 9.95. The Hall–Kier alpha value is -4.22. The van der Waals surface area contributed by atoms with Crippen molar-refractivity contribution in [1.82, 2.24) is 14.3 Å².